The molecule has 0 bridgehead atoms. The molecule has 1 aliphatic heterocycles. The summed E-state index contributed by atoms with van der Waals surface area (Å²) < 4.78 is 0. The van der Waals surface area contributed by atoms with Crippen LogP contribution in [0.1, 0.15) is 37.3 Å². The van der Waals surface area contributed by atoms with E-state index >= 15 is 0 Å². The van der Waals surface area contributed by atoms with Gasteiger partial charge in [-0.15, -0.1) is 0 Å². The Bertz CT molecular complexity index is 407. The average molecular weight is 230 g/mol. The smallest absolute Gasteiger partial charge is 0.0376 e. The number of fused-ring (bicyclic) bond motifs is 1. The second-order valence-electron chi connectivity index (χ2n) is 5.63. The SMILES string of the molecule is CCC1(CNCc2ccc3c(c2)NCC3)CC1. The quantitative estimate of drug-likeness (QED) is 0.812. The molecule has 2 nitrogen and oxygen atoms in total. The molecule has 2 heteroatoms. The maximum Gasteiger partial charge on any atom is 0.0376 e. The number of hydrogen-bond donors (Lipinski definition) is 2. The molecule has 92 valence electrons. The summed E-state index contributed by atoms with van der Waals surface area (Å²) in [4.78, 5) is 0. The molecule has 0 amide bonds. The molecule has 0 atom stereocenters. The van der Waals surface area contributed by atoms with Crippen LogP contribution in [0.25, 0.3) is 0 Å². The first-order valence-corrected chi connectivity index (χ1v) is 6.88. The third-order valence-corrected chi connectivity index (χ3v) is 4.42. The van der Waals surface area contributed by atoms with Crippen LogP contribution in [0.3, 0.4) is 0 Å². The first-order valence-electron chi connectivity index (χ1n) is 6.88. The normalized spacial score (nSPS) is 19.8. The average Bonchev–Trinajstić information content (AvgIpc) is 2.98. The maximum atomic E-state index is 3.62. The Morgan fingerprint density at radius 2 is 2.24 bits per heavy atom. The van der Waals surface area contributed by atoms with Gasteiger partial charge < -0.3 is 10.6 Å². The molecule has 17 heavy (non-hydrogen) atoms. The summed E-state index contributed by atoms with van der Waals surface area (Å²) in [5.74, 6) is 0. The minimum absolute atomic E-state index is 0.648. The lowest BCUT2D eigenvalue weighted by Crippen LogP contribution is -2.23. The topological polar surface area (TPSA) is 24.1 Å². The van der Waals surface area contributed by atoms with E-state index in [0.717, 1.165) is 13.1 Å². The van der Waals surface area contributed by atoms with Gasteiger partial charge in [0.2, 0.25) is 0 Å². The van der Waals surface area contributed by atoms with Crippen molar-refractivity contribution in [2.75, 3.05) is 18.4 Å². The van der Waals surface area contributed by atoms with Crippen LogP contribution in [-0.2, 0) is 13.0 Å². The highest BCUT2D eigenvalue weighted by molar-refractivity contribution is 5.56. The molecule has 3 rings (SSSR count). The largest absolute Gasteiger partial charge is 0.384 e. The maximum absolute atomic E-state index is 3.62. The summed E-state index contributed by atoms with van der Waals surface area (Å²) in [6, 6.07) is 6.85. The first-order chi connectivity index (χ1) is 8.31. The summed E-state index contributed by atoms with van der Waals surface area (Å²) in [5, 5.41) is 7.06. The van der Waals surface area contributed by atoms with Crippen LogP contribution >= 0.6 is 0 Å². The van der Waals surface area contributed by atoms with Crippen molar-refractivity contribution in [2.45, 2.75) is 39.2 Å². The third-order valence-electron chi connectivity index (χ3n) is 4.42. The minimum Gasteiger partial charge on any atom is -0.384 e. The van der Waals surface area contributed by atoms with Crippen LogP contribution in [0.4, 0.5) is 5.69 Å². The summed E-state index contributed by atoms with van der Waals surface area (Å²) in [5.41, 5.74) is 4.88. The van der Waals surface area contributed by atoms with Gasteiger partial charge in [-0.2, -0.15) is 0 Å². The molecule has 1 saturated carbocycles. The van der Waals surface area contributed by atoms with E-state index in [2.05, 4.69) is 35.8 Å². The molecule has 1 aromatic carbocycles. The molecule has 1 heterocycles. The fourth-order valence-electron chi connectivity index (χ4n) is 2.75. The zero-order valence-corrected chi connectivity index (χ0v) is 10.7. The van der Waals surface area contributed by atoms with E-state index in [4.69, 9.17) is 0 Å². The van der Waals surface area contributed by atoms with Crippen molar-refractivity contribution in [1.29, 1.82) is 0 Å². The van der Waals surface area contributed by atoms with Crippen LogP contribution in [0.5, 0.6) is 0 Å². The van der Waals surface area contributed by atoms with Gasteiger partial charge in [0.15, 0.2) is 0 Å². The molecule has 2 aliphatic rings. The van der Waals surface area contributed by atoms with Gasteiger partial charge in [0, 0.05) is 25.3 Å². The van der Waals surface area contributed by atoms with Gasteiger partial charge in [0.25, 0.3) is 0 Å². The van der Waals surface area contributed by atoms with Gasteiger partial charge in [-0.25, -0.2) is 0 Å². The number of nitrogens with one attached hydrogen (secondary N) is 2. The monoisotopic (exact) mass is 230 g/mol. The van der Waals surface area contributed by atoms with Crippen molar-refractivity contribution >= 4 is 5.69 Å². The Kier molecular flexibility index (Phi) is 2.83. The van der Waals surface area contributed by atoms with Gasteiger partial charge in [0.05, 0.1) is 0 Å². The Morgan fingerprint density at radius 1 is 1.35 bits per heavy atom. The van der Waals surface area contributed by atoms with Crippen molar-refractivity contribution < 1.29 is 0 Å². The van der Waals surface area contributed by atoms with Crippen molar-refractivity contribution in [1.82, 2.24) is 5.32 Å². The molecule has 2 N–H and O–H groups in total. The lowest BCUT2D eigenvalue weighted by atomic mass is 10.0. The Balaban J connectivity index is 1.55. The van der Waals surface area contributed by atoms with E-state index in [9.17, 15) is 0 Å². The highest BCUT2D eigenvalue weighted by atomic mass is 14.9. The van der Waals surface area contributed by atoms with E-state index in [1.54, 1.807) is 0 Å². The zero-order chi connectivity index (χ0) is 11.7. The number of benzene rings is 1. The molecule has 0 aromatic heterocycles. The first kappa shape index (κ1) is 11.1. The highest BCUT2D eigenvalue weighted by Gasteiger charge is 2.39. The Morgan fingerprint density at radius 3 is 3.00 bits per heavy atom. The summed E-state index contributed by atoms with van der Waals surface area (Å²) in [7, 11) is 0. The van der Waals surface area contributed by atoms with Crippen LogP contribution in [0.2, 0.25) is 0 Å². The third kappa shape index (κ3) is 2.32. The van der Waals surface area contributed by atoms with E-state index in [1.165, 1.54) is 49.0 Å². The Labute approximate surface area is 104 Å². The summed E-state index contributed by atoms with van der Waals surface area (Å²) in [6.45, 7) is 5.61. The van der Waals surface area contributed by atoms with Gasteiger partial charge in [-0.1, -0.05) is 19.1 Å². The molecule has 0 unspecified atom stereocenters. The molecular weight excluding hydrogens is 208 g/mol. The standard InChI is InChI=1S/C15H22N2/c1-2-15(6-7-15)11-16-10-12-3-4-13-5-8-17-14(13)9-12/h3-4,9,16-17H,2,5-8,10-11H2,1H3. The predicted octanol–water partition coefficient (Wildman–Crippen LogP) is 2.93. The molecular formula is C15H22N2. The number of hydrogen-bond acceptors (Lipinski definition) is 2. The second-order valence-corrected chi connectivity index (χ2v) is 5.63. The lowest BCUT2D eigenvalue weighted by Gasteiger charge is -2.13. The van der Waals surface area contributed by atoms with Crippen LogP contribution in [-0.4, -0.2) is 13.1 Å². The van der Waals surface area contributed by atoms with Gasteiger partial charge in [0.1, 0.15) is 0 Å². The molecule has 0 radical (unpaired) electrons. The molecule has 1 aromatic rings. The zero-order valence-electron chi connectivity index (χ0n) is 10.7. The van der Waals surface area contributed by atoms with Gasteiger partial charge in [-0.3, -0.25) is 0 Å². The van der Waals surface area contributed by atoms with E-state index in [0.29, 0.717) is 5.41 Å². The van der Waals surface area contributed by atoms with E-state index in [-0.39, 0.29) is 0 Å². The molecule has 0 saturated heterocycles. The number of anilines is 1. The van der Waals surface area contributed by atoms with E-state index < -0.39 is 0 Å². The Hall–Kier alpha value is -1.02. The predicted molar refractivity (Wildman–Crippen MR) is 72.3 cm³/mol. The van der Waals surface area contributed by atoms with Crippen LogP contribution in [0.15, 0.2) is 18.2 Å². The van der Waals surface area contributed by atoms with Crippen molar-refractivity contribution in [3.63, 3.8) is 0 Å². The summed E-state index contributed by atoms with van der Waals surface area (Å²) in [6.07, 6.45) is 5.35. The molecule has 1 aliphatic carbocycles. The number of rotatable bonds is 5. The van der Waals surface area contributed by atoms with Crippen molar-refractivity contribution in [2.24, 2.45) is 5.41 Å². The van der Waals surface area contributed by atoms with Crippen molar-refractivity contribution in [3.05, 3.63) is 29.3 Å². The lowest BCUT2D eigenvalue weighted by molar-refractivity contribution is 0.443. The highest BCUT2D eigenvalue weighted by Crippen LogP contribution is 2.47. The second kappa shape index (κ2) is 4.34. The summed E-state index contributed by atoms with van der Waals surface area (Å²) >= 11 is 0. The van der Waals surface area contributed by atoms with Crippen molar-refractivity contribution in [3.8, 4) is 0 Å². The molecule has 1 fully saturated rings. The van der Waals surface area contributed by atoms with Gasteiger partial charge in [-0.05, 0) is 48.3 Å². The molecule has 0 spiro atoms. The van der Waals surface area contributed by atoms with E-state index in [1.807, 2.05) is 0 Å². The van der Waals surface area contributed by atoms with Gasteiger partial charge >= 0.3 is 0 Å². The fourth-order valence-corrected chi connectivity index (χ4v) is 2.75. The minimum atomic E-state index is 0.648. The van der Waals surface area contributed by atoms with Crippen LogP contribution in [0, 0.1) is 5.41 Å². The van der Waals surface area contributed by atoms with Crippen LogP contribution < -0.4 is 10.6 Å². The fraction of sp³-hybridized carbons (Fsp3) is 0.600.